The monoisotopic (exact) mass is 358 g/mol. The van der Waals surface area contributed by atoms with Crippen LogP contribution in [0, 0.1) is 0 Å². The van der Waals surface area contributed by atoms with Crippen LogP contribution in [0.15, 0.2) is 42.5 Å². The van der Waals surface area contributed by atoms with Gasteiger partial charge in [0.05, 0.1) is 19.4 Å². The number of para-hydroxylation sites is 2. The van der Waals surface area contributed by atoms with Crippen molar-refractivity contribution in [3.05, 3.63) is 48.0 Å². The minimum absolute atomic E-state index is 0.0582. The number of rotatable bonds is 9. The summed E-state index contributed by atoms with van der Waals surface area (Å²) in [6.45, 7) is 4.22. The summed E-state index contributed by atoms with van der Waals surface area (Å²) < 4.78 is 16.5. The predicted molar refractivity (Wildman–Crippen MR) is 102 cm³/mol. The van der Waals surface area contributed by atoms with E-state index in [0.717, 1.165) is 12.0 Å². The van der Waals surface area contributed by atoms with Gasteiger partial charge in [-0.15, -0.1) is 0 Å². The number of amides is 1. The molecule has 0 heterocycles. The number of carbonyl (C=O) groups is 1. The molecule has 26 heavy (non-hydrogen) atoms. The fourth-order valence-corrected chi connectivity index (χ4v) is 2.52. The molecule has 0 bridgehead atoms. The fraction of sp³-hybridized carbons (Fsp3) is 0.350. The Balaban J connectivity index is 2.02. The lowest BCUT2D eigenvalue weighted by Crippen LogP contribution is -2.21. The summed E-state index contributed by atoms with van der Waals surface area (Å²) in [5.74, 6) is 1.44. The van der Waals surface area contributed by atoms with Crippen molar-refractivity contribution in [1.82, 2.24) is 0 Å². The number of anilines is 1. The van der Waals surface area contributed by atoms with Crippen molar-refractivity contribution >= 4 is 11.6 Å². The van der Waals surface area contributed by atoms with Gasteiger partial charge in [-0.1, -0.05) is 18.2 Å². The van der Waals surface area contributed by atoms with Crippen LogP contribution < -0.4 is 25.3 Å². The van der Waals surface area contributed by atoms with Gasteiger partial charge in [-0.3, -0.25) is 4.79 Å². The summed E-state index contributed by atoms with van der Waals surface area (Å²) >= 11 is 0. The number of carbonyl (C=O) groups excluding carboxylic acids is 1. The predicted octanol–water partition coefficient (Wildman–Crippen LogP) is 3.00. The maximum atomic E-state index is 12.2. The van der Waals surface area contributed by atoms with Gasteiger partial charge in [0.2, 0.25) is 0 Å². The Hall–Kier alpha value is -2.73. The molecule has 140 valence electrons. The molecule has 0 aliphatic rings. The van der Waals surface area contributed by atoms with Gasteiger partial charge in [0.25, 0.3) is 5.91 Å². The van der Waals surface area contributed by atoms with Crippen molar-refractivity contribution in [2.75, 3.05) is 25.6 Å². The van der Waals surface area contributed by atoms with Gasteiger partial charge in [-0.2, -0.15) is 0 Å². The minimum atomic E-state index is -0.281. The van der Waals surface area contributed by atoms with Crippen LogP contribution in [0.4, 0.5) is 5.69 Å². The standard InChI is InChI=1S/C20H26N2O4/c1-4-25-19-12-15(11-14(2)21)9-10-18(19)26-13-20(23)22-16-7-5-6-8-17(16)24-3/h5-10,12,14H,4,11,13,21H2,1-3H3,(H,22,23). The Kier molecular flexibility index (Phi) is 7.29. The van der Waals surface area contributed by atoms with Crippen LogP contribution in [0.25, 0.3) is 0 Å². The highest BCUT2D eigenvalue weighted by Gasteiger charge is 2.11. The molecule has 0 aliphatic heterocycles. The molecule has 3 N–H and O–H groups in total. The molecule has 0 radical (unpaired) electrons. The summed E-state index contributed by atoms with van der Waals surface area (Å²) in [6, 6.07) is 12.9. The van der Waals surface area contributed by atoms with Crippen LogP contribution in [0.2, 0.25) is 0 Å². The third kappa shape index (κ3) is 5.67. The van der Waals surface area contributed by atoms with E-state index < -0.39 is 0 Å². The van der Waals surface area contributed by atoms with E-state index >= 15 is 0 Å². The van der Waals surface area contributed by atoms with Crippen molar-refractivity contribution in [1.29, 1.82) is 0 Å². The Bertz CT molecular complexity index is 732. The van der Waals surface area contributed by atoms with Gasteiger partial charge in [-0.25, -0.2) is 0 Å². The molecule has 2 rings (SSSR count). The number of nitrogens with one attached hydrogen (secondary N) is 1. The minimum Gasteiger partial charge on any atom is -0.495 e. The summed E-state index contributed by atoms with van der Waals surface area (Å²) in [5, 5.41) is 2.77. The van der Waals surface area contributed by atoms with E-state index in [4.69, 9.17) is 19.9 Å². The third-order valence-corrected chi connectivity index (χ3v) is 3.61. The number of ether oxygens (including phenoxy) is 3. The van der Waals surface area contributed by atoms with E-state index in [9.17, 15) is 4.79 Å². The zero-order valence-electron chi connectivity index (χ0n) is 15.5. The number of hydrogen-bond acceptors (Lipinski definition) is 5. The number of nitrogens with two attached hydrogens (primary N) is 1. The zero-order chi connectivity index (χ0) is 18.9. The van der Waals surface area contributed by atoms with E-state index in [1.807, 2.05) is 38.1 Å². The molecule has 0 spiro atoms. The first-order valence-corrected chi connectivity index (χ1v) is 8.60. The average molecular weight is 358 g/mol. The molecule has 0 aromatic heterocycles. The van der Waals surface area contributed by atoms with Gasteiger partial charge in [0, 0.05) is 6.04 Å². The van der Waals surface area contributed by atoms with Crippen LogP contribution in [-0.4, -0.2) is 32.3 Å². The molecule has 0 aliphatic carbocycles. The summed E-state index contributed by atoms with van der Waals surface area (Å²) in [7, 11) is 1.56. The Morgan fingerprint density at radius 2 is 1.88 bits per heavy atom. The second-order valence-corrected chi connectivity index (χ2v) is 5.93. The van der Waals surface area contributed by atoms with Gasteiger partial charge >= 0.3 is 0 Å². The lowest BCUT2D eigenvalue weighted by atomic mass is 10.1. The lowest BCUT2D eigenvalue weighted by Gasteiger charge is -2.14. The van der Waals surface area contributed by atoms with Gasteiger partial charge in [0.1, 0.15) is 5.75 Å². The Morgan fingerprint density at radius 3 is 2.58 bits per heavy atom. The van der Waals surface area contributed by atoms with E-state index in [-0.39, 0.29) is 18.6 Å². The molecule has 0 saturated carbocycles. The molecule has 2 aromatic carbocycles. The first-order valence-electron chi connectivity index (χ1n) is 8.60. The molecule has 2 aromatic rings. The topological polar surface area (TPSA) is 82.8 Å². The van der Waals surface area contributed by atoms with Crippen molar-refractivity contribution < 1.29 is 19.0 Å². The normalized spacial score (nSPS) is 11.5. The molecule has 1 atom stereocenters. The van der Waals surface area contributed by atoms with Crippen LogP contribution in [0.3, 0.4) is 0 Å². The Labute approximate surface area is 154 Å². The third-order valence-electron chi connectivity index (χ3n) is 3.61. The maximum absolute atomic E-state index is 12.2. The highest BCUT2D eigenvalue weighted by atomic mass is 16.5. The van der Waals surface area contributed by atoms with Gasteiger partial charge < -0.3 is 25.3 Å². The van der Waals surface area contributed by atoms with Crippen LogP contribution in [-0.2, 0) is 11.2 Å². The first kappa shape index (κ1) is 19.6. The van der Waals surface area contributed by atoms with Crippen LogP contribution in [0.1, 0.15) is 19.4 Å². The summed E-state index contributed by atoms with van der Waals surface area (Å²) in [5.41, 5.74) is 7.51. The fourth-order valence-electron chi connectivity index (χ4n) is 2.52. The SMILES string of the molecule is CCOc1cc(CC(C)N)ccc1OCC(=O)Nc1ccccc1OC. The maximum Gasteiger partial charge on any atom is 0.262 e. The molecular formula is C20H26N2O4. The molecule has 1 amide bonds. The Morgan fingerprint density at radius 1 is 1.12 bits per heavy atom. The number of hydrogen-bond donors (Lipinski definition) is 2. The quantitative estimate of drug-likeness (QED) is 0.720. The van der Waals surface area contributed by atoms with E-state index in [1.54, 1.807) is 25.3 Å². The summed E-state index contributed by atoms with van der Waals surface area (Å²) in [6.07, 6.45) is 0.745. The molecular weight excluding hydrogens is 332 g/mol. The molecule has 1 unspecified atom stereocenters. The largest absolute Gasteiger partial charge is 0.495 e. The molecule has 0 fully saturated rings. The molecule has 0 saturated heterocycles. The van der Waals surface area contributed by atoms with E-state index in [2.05, 4.69) is 5.32 Å². The zero-order valence-corrected chi connectivity index (χ0v) is 15.5. The van der Waals surface area contributed by atoms with Crippen LogP contribution >= 0.6 is 0 Å². The second-order valence-electron chi connectivity index (χ2n) is 5.93. The molecule has 6 nitrogen and oxygen atoms in total. The molecule has 6 heteroatoms. The van der Waals surface area contributed by atoms with E-state index in [0.29, 0.717) is 29.5 Å². The van der Waals surface area contributed by atoms with Gasteiger partial charge in [0.15, 0.2) is 18.1 Å². The smallest absolute Gasteiger partial charge is 0.262 e. The van der Waals surface area contributed by atoms with Crippen molar-refractivity contribution in [3.63, 3.8) is 0 Å². The number of benzene rings is 2. The highest BCUT2D eigenvalue weighted by molar-refractivity contribution is 5.93. The van der Waals surface area contributed by atoms with E-state index in [1.165, 1.54) is 0 Å². The summed E-state index contributed by atoms with van der Waals surface area (Å²) in [4.78, 5) is 12.2. The van der Waals surface area contributed by atoms with Crippen LogP contribution in [0.5, 0.6) is 17.2 Å². The lowest BCUT2D eigenvalue weighted by molar-refractivity contribution is -0.118. The average Bonchev–Trinajstić information content (AvgIpc) is 2.61. The van der Waals surface area contributed by atoms with Crippen molar-refractivity contribution in [3.8, 4) is 17.2 Å². The first-order chi connectivity index (χ1) is 12.5. The van der Waals surface area contributed by atoms with Crippen molar-refractivity contribution in [2.24, 2.45) is 5.73 Å². The highest BCUT2D eigenvalue weighted by Crippen LogP contribution is 2.29. The second kappa shape index (κ2) is 9.68. The van der Waals surface area contributed by atoms with Crippen molar-refractivity contribution in [2.45, 2.75) is 26.3 Å². The van der Waals surface area contributed by atoms with Gasteiger partial charge in [-0.05, 0) is 50.1 Å². The number of methoxy groups -OCH3 is 1.